The fraction of sp³-hybridized carbons (Fsp3) is 0.400. The van der Waals surface area contributed by atoms with Gasteiger partial charge in [-0.3, -0.25) is 4.79 Å². The second-order valence-electron chi connectivity index (χ2n) is 4.91. The molecule has 0 radical (unpaired) electrons. The Bertz CT molecular complexity index is 670. The van der Waals surface area contributed by atoms with E-state index in [4.69, 9.17) is 4.84 Å². The zero-order valence-electron chi connectivity index (χ0n) is 14.6. The maximum absolute atomic E-state index is 12.6. The Morgan fingerprint density at radius 1 is 1.23 bits per heavy atom. The summed E-state index contributed by atoms with van der Waals surface area (Å²) >= 11 is 4.11. The summed E-state index contributed by atoms with van der Waals surface area (Å²) in [6.45, 7) is 0. The highest BCUT2D eigenvalue weighted by Crippen LogP contribution is 2.43. The molecule has 142 valence electrons. The van der Waals surface area contributed by atoms with Crippen LogP contribution in [-0.2, 0) is 9.63 Å². The lowest BCUT2D eigenvalue weighted by atomic mass is 10.3. The summed E-state index contributed by atoms with van der Waals surface area (Å²) in [5.41, 5.74) is 2.58. The minimum absolute atomic E-state index is 0.00842. The Kier molecular flexibility index (Phi) is 8.40. The summed E-state index contributed by atoms with van der Waals surface area (Å²) in [5.74, 6) is 0.361. The van der Waals surface area contributed by atoms with Gasteiger partial charge in [-0.15, -0.1) is 35.3 Å². The van der Waals surface area contributed by atoms with Gasteiger partial charge < -0.3 is 4.84 Å². The molecule has 1 aliphatic heterocycles. The van der Waals surface area contributed by atoms with E-state index in [-0.39, 0.29) is 5.78 Å². The summed E-state index contributed by atoms with van der Waals surface area (Å²) in [6.07, 6.45) is 4.95. The van der Waals surface area contributed by atoms with Crippen LogP contribution >= 0.6 is 57.1 Å². The van der Waals surface area contributed by atoms with Crippen LogP contribution in [0.25, 0.3) is 0 Å². The number of hydrogen-bond donors (Lipinski definition) is 1. The lowest BCUT2D eigenvalue weighted by Crippen LogP contribution is -2.38. The maximum atomic E-state index is 12.6. The SMILES string of the molecule is CSC1C(=O)C(SC)(SC)N=C1NOC(=O)N(C)SSc1ccccc1. The summed E-state index contributed by atoms with van der Waals surface area (Å²) in [5, 5.41) is -0.473. The van der Waals surface area contributed by atoms with E-state index in [1.165, 1.54) is 61.4 Å². The Balaban J connectivity index is 1.92. The molecule has 1 aromatic rings. The molecule has 1 N–H and O–H groups in total. The number of hydrogen-bond acceptors (Lipinski definition) is 10. The average molecular weight is 450 g/mol. The first-order valence-corrected chi connectivity index (χ1v) is 13.2. The van der Waals surface area contributed by atoms with Crippen molar-refractivity contribution in [2.75, 3.05) is 25.8 Å². The van der Waals surface area contributed by atoms with Crippen LogP contribution in [-0.4, -0.2) is 57.3 Å². The van der Waals surface area contributed by atoms with Gasteiger partial charge in [-0.2, -0.15) is 0 Å². The van der Waals surface area contributed by atoms with E-state index in [2.05, 4.69) is 10.5 Å². The molecule has 1 amide bonds. The summed E-state index contributed by atoms with van der Waals surface area (Å²) in [6, 6.07) is 9.73. The van der Waals surface area contributed by atoms with E-state index in [1.54, 1.807) is 7.05 Å². The highest BCUT2D eigenvalue weighted by molar-refractivity contribution is 8.75. The zero-order chi connectivity index (χ0) is 19.2. The third kappa shape index (κ3) is 5.00. The van der Waals surface area contributed by atoms with Crippen LogP contribution in [0.2, 0.25) is 0 Å². The van der Waals surface area contributed by atoms with Gasteiger partial charge in [-0.25, -0.2) is 19.6 Å². The lowest BCUT2D eigenvalue weighted by molar-refractivity contribution is -0.117. The zero-order valence-corrected chi connectivity index (χ0v) is 18.7. The quantitative estimate of drug-likeness (QED) is 0.300. The minimum atomic E-state index is -0.883. The molecular formula is C15H19N3O3S5. The number of amidine groups is 1. The highest BCUT2D eigenvalue weighted by Gasteiger charge is 2.49. The van der Waals surface area contributed by atoms with Crippen LogP contribution in [0.4, 0.5) is 4.79 Å². The molecule has 1 unspecified atom stereocenters. The van der Waals surface area contributed by atoms with E-state index >= 15 is 0 Å². The van der Waals surface area contributed by atoms with Gasteiger partial charge in [0.2, 0.25) is 9.99 Å². The molecule has 1 aliphatic rings. The Morgan fingerprint density at radius 3 is 2.46 bits per heavy atom. The monoisotopic (exact) mass is 449 g/mol. The van der Waals surface area contributed by atoms with Gasteiger partial charge in [-0.1, -0.05) is 18.2 Å². The van der Waals surface area contributed by atoms with Crippen LogP contribution < -0.4 is 5.48 Å². The number of rotatable bonds is 6. The number of amides is 1. The van der Waals surface area contributed by atoms with Crippen molar-refractivity contribution < 1.29 is 14.4 Å². The van der Waals surface area contributed by atoms with Gasteiger partial charge in [0.05, 0.1) is 0 Å². The van der Waals surface area contributed by atoms with Crippen LogP contribution in [0.5, 0.6) is 0 Å². The normalized spacial score (nSPS) is 18.4. The number of Topliss-reactive ketones (excluding diaryl/α,β-unsaturated/α-hetero) is 1. The molecule has 0 saturated heterocycles. The first-order chi connectivity index (χ1) is 12.5. The third-order valence-electron chi connectivity index (χ3n) is 3.34. The van der Waals surface area contributed by atoms with Crippen molar-refractivity contribution in [2.45, 2.75) is 14.3 Å². The van der Waals surface area contributed by atoms with Crippen LogP contribution in [0.1, 0.15) is 0 Å². The first-order valence-electron chi connectivity index (χ1n) is 7.34. The van der Waals surface area contributed by atoms with Gasteiger partial charge in [0.15, 0.2) is 5.84 Å². The van der Waals surface area contributed by atoms with E-state index in [0.717, 1.165) is 4.90 Å². The fourth-order valence-corrected chi connectivity index (χ4v) is 6.21. The maximum Gasteiger partial charge on any atom is 0.444 e. The average Bonchev–Trinajstić information content (AvgIpc) is 2.96. The Morgan fingerprint density at radius 2 is 1.88 bits per heavy atom. The van der Waals surface area contributed by atoms with E-state index in [0.29, 0.717) is 5.84 Å². The summed E-state index contributed by atoms with van der Waals surface area (Å²) in [7, 11) is 4.31. The van der Waals surface area contributed by atoms with Gasteiger partial charge in [0.25, 0.3) is 0 Å². The van der Waals surface area contributed by atoms with Crippen molar-refractivity contribution in [3.63, 3.8) is 0 Å². The number of carbonyl (C=O) groups excluding carboxylic acids is 2. The van der Waals surface area contributed by atoms with Crippen molar-refractivity contribution in [3.8, 4) is 0 Å². The predicted molar refractivity (Wildman–Crippen MR) is 117 cm³/mol. The summed E-state index contributed by atoms with van der Waals surface area (Å²) in [4.78, 5) is 35.4. The molecular weight excluding hydrogens is 431 g/mol. The lowest BCUT2D eigenvalue weighted by Gasteiger charge is -2.19. The number of carbonyl (C=O) groups is 2. The number of aliphatic imine (C=N–C) groups is 1. The number of ketones is 1. The highest BCUT2D eigenvalue weighted by atomic mass is 33.1. The second kappa shape index (κ2) is 10.1. The van der Waals surface area contributed by atoms with E-state index < -0.39 is 15.5 Å². The fourth-order valence-electron chi connectivity index (χ4n) is 2.00. The molecule has 0 spiro atoms. The third-order valence-corrected chi connectivity index (χ3v) is 9.33. The molecule has 1 heterocycles. The van der Waals surface area contributed by atoms with Crippen molar-refractivity contribution in [3.05, 3.63) is 30.3 Å². The molecule has 1 atom stereocenters. The second-order valence-corrected chi connectivity index (χ2v) is 10.4. The standard InChI is InChI=1S/C15H19N3O3S5/c1-18(26-25-10-8-6-5-7-9-10)14(20)21-17-13-11(22-2)12(19)15(16-13,23-3)24-4/h5-9,11H,1-4H3,(H,16,17). The Labute approximate surface area is 173 Å². The van der Waals surface area contributed by atoms with Crippen LogP contribution in [0, 0.1) is 0 Å². The number of benzene rings is 1. The van der Waals surface area contributed by atoms with Crippen LogP contribution in [0.15, 0.2) is 40.2 Å². The largest absolute Gasteiger partial charge is 0.444 e. The number of thioether (sulfide) groups is 3. The van der Waals surface area contributed by atoms with Crippen molar-refractivity contribution >= 4 is 74.8 Å². The molecule has 0 aromatic heterocycles. The molecule has 26 heavy (non-hydrogen) atoms. The number of nitrogens with one attached hydrogen (secondary N) is 1. The van der Waals surface area contributed by atoms with Crippen molar-refractivity contribution in [1.29, 1.82) is 0 Å². The van der Waals surface area contributed by atoms with Gasteiger partial charge in [0.1, 0.15) is 5.25 Å². The molecule has 11 heteroatoms. The molecule has 0 saturated carbocycles. The molecule has 6 nitrogen and oxygen atoms in total. The predicted octanol–water partition coefficient (Wildman–Crippen LogP) is 4.01. The van der Waals surface area contributed by atoms with Gasteiger partial charge in [-0.05, 0) is 41.7 Å². The molecule has 1 aromatic carbocycles. The summed E-state index contributed by atoms with van der Waals surface area (Å²) < 4.78 is 0.485. The van der Waals surface area contributed by atoms with E-state index in [1.807, 2.05) is 49.1 Å². The molecule has 0 fully saturated rings. The van der Waals surface area contributed by atoms with Gasteiger partial charge in [0, 0.05) is 22.9 Å². The van der Waals surface area contributed by atoms with Gasteiger partial charge >= 0.3 is 6.09 Å². The first kappa shape index (κ1) is 21.7. The molecule has 0 bridgehead atoms. The topological polar surface area (TPSA) is 71.0 Å². The molecule has 2 rings (SSSR count). The van der Waals surface area contributed by atoms with Crippen molar-refractivity contribution in [2.24, 2.45) is 4.99 Å². The smallest absolute Gasteiger partial charge is 0.322 e. The van der Waals surface area contributed by atoms with E-state index in [9.17, 15) is 9.59 Å². The van der Waals surface area contributed by atoms with Crippen molar-refractivity contribution in [1.82, 2.24) is 9.79 Å². The number of nitrogens with zero attached hydrogens (tertiary/aromatic N) is 2. The number of hydroxylamine groups is 1. The minimum Gasteiger partial charge on any atom is -0.322 e. The molecule has 0 aliphatic carbocycles. The van der Waals surface area contributed by atoms with Crippen LogP contribution in [0.3, 0.4) is 0 Å². The Hall–Kier alpha value is -0.620.